The monoisotopic (exact) mass is 487 g/mol. The van der Waals surface area contributed by atoms with Crippen LogP contribution in [0.4, 0.5) is 5.82 Å². The molecule has 0 saturated carbocycles. The van der Waals surface area contributed by atoms with Gasteiger partial charge in [-0.05, 0) is 19.9 Å². The summed E-state index contributed by atoms with van der Waals surface area (Å²) in [6, 6.07) is 1.40. The van der Waals surface area contributed by atoms with Gasteiger partial charge in [-0.2, -0.15) is 4.98 Å². The van der Waals surface area contributed by atoms with Crippen LogP contribution in [0.25, 0.3) is 0 Å². The van der Waals surface area contributed by atoms with Crippen molar-refractivity contribution in [1.29, 1.82) is 0 Å². The number of phosphoric acid groups is 2. The molecule has 3 aliphatic rings. The first kappa shape index (κ1) is 22.4. The van der Waals surface area contributed by atoms with Crippen molar-refractivity contribution >= 4 is 30.1 Å². The van der Waals surface area contributed by atoms with E-state index in [1.54, 1.807) is 13.8 Å². The molecule has 30 heavy (non-hydrogen) atoms. The smallest absolute Gasteiger partial charge is 0.351 e. The fourth-order valence-corrected chi connectivity index (χ4v) is 7.24. The molecule has 1 aromatic rings. The Kier molecular flexibility index (Phi) is 5.72. The van der Waals surface area contributed by atoms with E-state index in [2.05, 4.69) is 17.9 Å². The summed E-state index contributed by atoms with van der Waals surface area (Å²) in [5.41, 5.74) is 4.82. The van der Waals surface area contributed by atoms with Crippen molar-refractivity contribution in [2.75, 3.05) is 12.3 Å². The van der Waals surface area contributed by atoms with Gasteiger partial charge in [0.1, 0.15) is 24.1 Å². The summed E-state index contributed by atoms with van der Waals surface area (Å²) in [6.07, 6.45) is -1.99. The maximum atomic E-state index is 12.2. The summed E-state index contributed by atoms with van der Waals surface area (Å²) in [5.74, 6) is -0.997. The van der Waals surface area contributed by atoms with Crippen LogP contribution in [0.5, 0.6) is 0 Å². The number of hydrogen-bond donors (Lipinski definition) is 1. The van der Waals surface area contributed by atoms with Crippen molar-refractivity contribution in [2.24, 2.45) is 0 Å². The molecule has 3 aliphatic heterocycles. The molecule has 4 heterocycles. The van der Waals surface area contributed by atoms with Gasteiger partial charge in [-0.15, -0.1) is 0 Å². The average molecular weight is 487 g/mol. The lowest BCUT2D eigenvalue weighted by molar-refractivity contribution is -0.240. The van der Waals surface area contributed by atoms with E-state index in [1.165, 1.54) is 12.3 Å². The Labute approximate surface area is 170 Å². The molecule has 4 rings (SSSR count). The van der Waals surface area contributed by atoms with E-state index in [4.69, 9.17) is 24.5 Å². The summed E-state index contributed by atoms with van der Waals surface area (Å²) >= 11 is 0. The molecule has 3 fully saturated rings. The highest BCUT2D eigenvalue weighted by Gasteiger charge is 2.56. The first-order chi connectivity index (χ1) is 13.8. The number of aromatic nitrogens is 2. The fourth-order valence-electron chi connectivity index (χ4n) is 3.15. The van der Waals surface area contributed by atoms with Gasteiger partial charge in [0.25, 0.3) is 15.6 Å². The summed E-state index contributed by atoms with van der Waals surface area (Å²) in [5, 5.41) is 0. The van der Waals surface area contributed by atoms with E-state index in [-0.39, 0.29) is 5.82 Å². The predicted octanol–water partition coefficient (Wildman–Crippen LogP) is -0.513. The van der Waals surface area contributed by atoms with Crippen LogP contribution in [-0.2, 0) is 40.8 Å². The lowest BCUT2D eigenvalue weighted by Crippen LogP contribution is -2.35. The molecule has 0 bridgehead atoms. The van der Waals surface area contributed by atoms with Crippen molar-refractivity contribution in [2.45, 2.75) is 44.2 Å². The second kappa shape index (κ2) is 7.66. The molecule has 1 aromatic heterocycles. The molecule has 3 saturated heterocycles. The lowest BCUT2D eigenvalue weighted by Gasteiger charge is -2.38. The zero-order valence-electron chi connectivity index (χ0n) is 15.4. The molecule has 0 spiro atoms. The molecule has 2 N–H and O–H groups in total. The van der Waals surface area contributed by atoms with Crippen molar-refractivity contribution in [3.63, 3.8) is 0 Å². The van der Waals surface area contributed by atoms with E-state index in [0.717, 1.165) is 4.57 Å². The summed E-state index contributed by atoms with van der Waals surface area (Å²) in [6.45, 7) is 2.90. The van der Waals surface area contributed by atoms with Crippen LogP contribution in [0, 0.1) is 0 Å². The van der Waals surface area contributed by atoms with E-state index in [0.29, 0.717) is 0 Å². The van der Waals surface area contributed by atoms with E-state index in [1.807, 2.05) is 0 Å². The third kappa shape index (κ3) is 4.68. The molecule has 2 unspecified atom stereocenters. The van der Waals surface area contributed by atoms with E-state index < -0.39 is 66.9 Å². The number of nitrogens with zero attached hydrogens (tertiary/aromatic N) is 2. The van der Waals surface area contributed by atoms with Gasteiger partial charge in [-0.1, -0.05) is 0 Å². The normalized spacial score (nSPS) is 42.9. The summed E-state index contributed by atoms with van der Waals surface area (Å²) in [4.78, 5) is 38.6. The van der Waals surface area contributed by atoms with Crippen LogP contribution in [-0.4, -0.2) is 40.3 Å². The van der Waals surface area contributed by atoms with Crippen molar-refractivity contribution in [3.05, 3.63) is 22.7 Å². The van der Waals surface area contributed by atoms with E-state index >= 15 is 0 Å². The Morgan fingerprint density at radius 2 is 1.90 bits per heavy atom. The Bertz CT molecular complexity index is 963. The minimum absolute atomic E-state index is 0.0234. The molecule has 0 amide bonds. The molecule has 18 heteroatoms. The van der Waals surface area contributed by atoms with Gasteiger partial charge in [0, 0.05) is 6.20 Å². The molecular formula is C12H16N3O12P3-2. The highest BCUT2D eigenvalue weighted by molar-refractivity contribution is 7.71. The minimum atomic E-state index is -5.15. The van der Waals surface area contributed by atoms with Gasteiger partial charge in [-0.3, -0.25) is 13.7 Å². The Morgan fingerprint density at radius 3 is 2.53 bits per heavy atom. The zero-order valence-corrected chi connectivity index (χ0v) is 18.1. The SMILES string of the molecule is CC1(C)O[C@@H]2[C@H](O1)[C@@H](COP1OP(=O)([O-])OP(=O)([O-])O1)O[C@H]2n1ccc(N)nc1=O. The molecule has 0 aromatic carbocycles. The average Bonchev–Trinajstić information content (AvgIpc) is 3.04. The van der Waals surface area contributed by atoms with Gasteiger partial charge < -0.3 is 34.3 Å². The number of rotatable bonds is 4. The summed E-state index contributed by atoms with van der Waals surface area (Å²) < 4.78 is 59.0. The number of fused-ring (bicyclic) bond motifs is 1. The van der Waals surface area contributed by atoms with Gasteiger partial charge in [-0.25, -0.2) is 17.7 Å². The predicted molar refractivity (Wildman–Crippen MR) is 92.0 cm³/mol. The van der Waals surface area contributed by atoms with Crippen molar-refractivity contribution in [1.82, 2.24) is 9.55 Å². The zero-order chi connectivity index (χ0) is 21.9. The minimum Gasteiger partial charge on any atom is -0.756 e. The molecular weight excluding hydrogens is 471 g/mol. The Hall–Kier alpha value is -0.790. The van der Waals surface area contributed by atoms with Gasteiger partial charge >= 0.3 is 14.3 Å². The standard InChI is InChI=1S/C12H18N3O12P3/c1-12(2)23-8-6(5-21-28-25-29(17,18)27-30(19,20)26-28)22-10(9(8)24-12)15-4-3-7(13)14-11(15)16/h3-4,6,8-10H,5H2,1-2H3,(H,17,18)(H,19,20)(H2,13,14,16)/p-2/t6-,8-,9-,10-/m1/s1. The maximum absolute atomic E-state index is 12.2. The van der Waals surface area contributed by atoms with Crippen LogP contribution in [0.1, 0.15) is 20.1 Å². The van der Waals surface area contributed by atoms with Crippen LogP contribution >= 0.6 is 24.2 Å². The molecule has 0 aliphatic carbocycles. The highest BCUT2D eigenvalue weighted by atomic mass is 31.3. The third-order valence-electron chi connectivity index (χ3n) is 4.13. The number of ether oxygens (including phenoxy) is 3. The van der Waals surface area contributed by atoms with Crippen LogP contribution < -0.4 is 21.2 Å². The van der Waals surface area contributed by atoms with Gasteiger partial charge in [0.15, 0.2) is 12.0 Å². The van der Waals surface area contributed by atoms with Crippen LogP contribution in [0.3, 0.4) is 0 Å². The molecule has 0 radical (unpaired) electrons. The van der Waals surface area contributed by atoms with E-state index in [9.17, 15) is 23.7 Å². The highest BCUT2D eigenvalue weighted by Crippen LogP contribution is 2.73. The van der Waals surface area contributed by atoms with Crippen molar-refractivity contribution < 1.29 is 50.6 Å². The lowest BCUT2D eigenvalue weighted by atomic mass is 10.1. The van der Waals surface area contributed by atoms with Gasteiger partial charge in [0.2, 0.25) is 0 Å². The van der Waals surface area contributed by atoms with Crippen LogP contribution in [0.15, 0.2) is 17.1 Å². The number of nitrogens with two attached hydrogens (primary N) is 1. The number of hydrogen-bond acceptors (Lipinski definition) is 14. The Morgan fingerprint density at radius 1 is 1.27 bits per heavy atom. The fraction of sp³-hybridized carbons (Fsp3) is 0.667. The molecule has 15 nitrogen and oxygen atoms in total. The quantitative estimate of drug-likeness (QED) is 0.531. The maximum Gasteiger partial charge on any atom is 0.351 e. The van der Waals surface area contributed by atoms with Crippen LogP contribution in [0.2, 0.25) is 0 Å². The third-order valence-corrected chi connectivity index (χ3v) is 8.76. The Balaban J connectivity index is 1.52. The second-order valence-electron chi connectivity index (χ2n) is 6.83. The summed E-state index contributed by atoms with van der Waals surface area (Å²) in [7, 11) is -13.1. The first-order valence-corrected chi connectivity index (χ1v) is 12.4. The number of nitrogen functional groups attached to an aromatic ring is 1. The van der Waals surface area contributed by atoms with Gasteiger partial charge in [0.05, 0.1) is 6.61 Å². The van der Waals surface area contributed by atoms with Crippen molar-refractivity contribution in [3.8, 4) is 0 Å². The molecule has 168 valence electrons. The largest absolute Gasteiger partial charge is 0.756 e. The topological polar surface area (TPSA) is 206 Å². The first-order valence-electron chi connectivity index (χ1n) is 8.36. The second-order valence-corrected chi connectivity index (χ2v) is 11.3. The number of anilines is 1. The molecule has 6 atom stereocenters.